The second-order valence-corrected chi connectivity index (χ2v) is 5.06. The van der Waals surface area contributed by atoms with E-state index in [-0.39, 0.29) is 5.75 Å². The number of hydrogen-bond acceptors (Lipinski definition) is 3. The fraction of sp³-hybridized carbons (Fsp3) is 0.333. The third kappa shape index (κ3) is 4.45. The predicted octanol–water partition coefficient (Wildman–Crippen LogP) is 3.12. The van der Waals surface area contributed by atoms with E-state index in [1.54, 1.807) is 18.3 Å². The van der Waals surface area contributed by atoms with E-state index in [1.165, 1.54) is 5.29 Å². The van der Waals surface area contributed by atoms with Crippen LogP contribution in [0.2, 0.25) is 0 Å². The molecular formula is C12H17N2OP. The maximum absolute atomic E-state index is 9.13. The summed E-state index contributed by atoms with van der Waals surface area (Å²) in [5, 5.41) is 14.8. The highest BCUT2D eigenvalue weighted by Gasteiger charge is 1.91. The number of rotatable bonds is 4. The van der Waals surface area contributed by atoms with Crippen molar-refractivity contribution in [2.45, 2.75) is 20.3 Å². The molecule has 0 aliphatic heterocycles. The summed E-state index contributed by atoms with van der Waals surface area (Å²) in [4.78, 5) is 0. The average Bonchev–Trinajstić information content (AvgIpc) is 2.28. The van der Waals surface area contributed by atoms with E-state index in [0.717, 1.165) is 20.3 Å². The van der Waals surface area contributed by atoms with Gasteiger partial charge in [0.1, 0.15) is 5.75 Å². The van der Waals surface area contributed by atoms with Crippen LogP contribution in [0.1, 0.15) is 25.8 Å². The van der Waals surface area contributed by atoms with Gasteiger partial charge in [-0.25, -0.2) is 0 Å². The van der Waals surface area contributed by atoms with Gasteiger partial charge in [-0.15, -0.1) is 0 Å². The van der Waals surface area contributed by atoms with Crippen LogP contribution in [0.15, 0.2) is 29.4 Å². The molecule has 1 rings (SSSR count). The lowest BCUT2D eigenvalue weighted by Gasteiger charge is -2.06. The van der Waals surface area contributed by atoms with Crippen molar-refractivity contribution in [1.29, 1.82) is 0 Å². The Balaban J connectivity index is 2.63. The average molecular weight is 236 g/mol. The summed E-state index contributed by atoms with van der Waals surface area (Å²) >= 11 is 0. The third-order valence-electron chi connectivity index (χ3n) is 2.09. The van der Waals surface area contributed by atoms with Crippen LogP contribution in [0.5, 0.6) is 5.75 Å². The van der Waals surface area contributed by atoms with Crippen molar-refractivity contribution >= 4 is 19.9 Å². The monoisotopic (exact) mass is 236 g/mol. The minimum Gasteiger partial charge on any atom is -0.508 e. The van der Waals surface area contributed by atoms with Gasteiger partial charge in [0.25, 0.3) is 0 Å². The summed E-state index contributed by atoms with van der Waals surface area (Å²) in [5.74, 6) is 0.277. The zero-order chi connectivity index (χ0) is 12.0. The third-order valence-corrected chi connectivity index (χ3v) is 3.14. The molecule has 0 spiro atoms. The molecule has 0 aromatic heterocycles. The van der Waals surface area contributed by atoms with E-state index in [0.29, 0.717) is 0 Å². The van der Waals surface area contributed by atoms with Gasteiger partial charge in [-0.1, -0.05) is 6.92 Å². The van der Waals surface area contributed by atoms with E-state index in [1.807, 2.05) is 24.0 Å². The van der Waals surface area contributed by atoms with Crippen molar-refractivity contribution in [2.75, 3.05) is 7.05 Å². The number of nitrogens with zero attached hydrogens (tertiary/aromatic N) is 2. The Hall–Kier alpha value is -1.34. The van der Waals surface area contributed by atoms with Crippen LogP contribution in [0, 0.1) is 0 Å². The van der Waals surface area contributed by atoms with Gasteiger partial charge in [-0.05, 0) is 48.5 Å². The summed E-state index contributed by atoms with van der Waals surface area (Å²) in [7, 11) is 3.07. The number of aromatic hydroxyl groups is 1. The normalized spacial score (nSPS) is 12.1. The molecule has 0 amide bonds. The predicted molar refractivity (Wildman–Crippen MR) is 71.4 cm³/mol. The van der Waals surface area contributed by atoms with Crippen molar-refractivity contribution in [1.82, 2.24) is 4.78 Å². The molecule has 16 heavy (non-hydrogen) atoms. The minimum absolute atomic E-state index is 0.277. The highest BCUT2D eigenvalue weighted by molar-refractivity contribution is 7.37. The first-order valence-electron chi connectivity index (χ1n) is 5.22. The maximum Gasteiger partial charge on any atom is 0.115 e. The Bertz CT molecular complexity index is 385. The van der Waals surface area contributed by atoms with E-state index in [2.05, 4.69) is 18.9 Å². The molecule has 0 unspecified atom stereocenters. The minimum atomic E-state index is 0.277. The van der Waals surface area contributed by atoms with Crippen LogP contribution in [-0.4, -0.2) is 28.4 Å². The molecule has 0 aliphatic rings. The highest BCUT2D eigenvalue weighted by Crippen LogP contribution is 2.10. The number of hydrogen-bond donors (Lipinski definition) is 1. The molecule has 0 saturated heterocycles. The van der Waals surface area contributed by atoms with E-state index in [4.69, 9.17) is 5.11 Å². The summed E-state index contributed by atoms with van der Waals surface area (Å²) in [6.07, 6.45) is 2.86. The van der Waals surface area contributed by atoms with E-state index < -0.39 is 0 Å². The SMILES string of the molecule is CC/C(C)=P/N(C)/N=C/c1ccc(O)cc1. The van der Waals surface area contributed by atoms with Crippen LogP contribution in [0.3, 0.4) is 0 Å². The molecule has 0 radical (unpaired) electrons. The van der Waals surface area contributed by atoms with Gasteiger partial charge in [0.15, 0.2) is 0 Å². The molecule has 0 heterocycles. The molecule has 3 nitrogen and oxygen atoms in total. The van der Waals surface area contributed by atoms with Gasteiger partial charge in [-0.2, -0.15) is 5.10 Å². The topological polar surface area (TPSA) is 35.8 Å². The van der Waals surface area contributed by atoms with Crippen molar-refractivity contribution in [2.24, 2.45) is 5.10 Å². The van der Waals surface area contributed by atoms with Gasteiger partial charge in [0.2, 0.25) is 0 Å². The van der Waals surface area contributed by atoms with Gasteiger partial charge in [0, 0.05) is 15.4 Å². The highest BCUT2D eigenvalue weighted by atomic mass is 31.1. The molecule has 86 valence electrons. The number of hydrazone groups is 1. The van der Waals surface area contributed by atoms with Crippen LogP contribution in [-0.2, 0) is 0 Å². The Labute approximate surface area is 98.3 Å². The largest absolute Gasteiger partial charge is 0.508 e. The molecule has 1 N–H and O–H groups in total. The summed E-state index contributed by atoms with van der Waals surface area (Å²) in [6, 6.07) is 6.98. The first kappa shape index (κ1) is 12.7. The van der Waals surface area contributed by atoms with Gasteiger partial charge >= 0.3 is 0 Å². The molecule has 0 atom stereocenters. The molecule has 1 aromatic rings. The van der Waals surface area contributed by atoms with Gasteiger partial charge < -0.3 is 5.11 Å². The second kappa shape index (κ2) is 6.29. The second-order valence-electron chi connectivity index (χ2n) is 3.51. The maximum atomic E-state index is 9.13. The zero-order valence-corrected chi connectivity index (χ0v) is 10.8. The zero-order valence-electron chi connectivity index (χ0n) is 9.88. The smallest absolute Gasteiger partial charge is 0.115 e. The molecular weight excluding hydrogens is 219 g/mol. The molecule has 0 saturated carbocycles. The quantitative estimate of drug-likeness (QED) is 0.495. The van der Waals surface area contributed by atoms with Crippen LogP contribution in [0.25, 0.3) is 0 Å². The standard InChI is InChI=1S/C12H17N2OP/c1-4-10(2)16-14(3)13-9-11-5-7-12(15)8-6-11/h5-9,15H,4H2,1-3H3/b13-9+. The van der Waals surface area contributed by atoms with Crippen LogP contribution in [0.4, 0.5) is 0 Å². The number of phenols is 1. The van der Waals surface area contributed by atoms with Crippen molar-refractivity contribution < 1.29 is 5.11 Å². The van der Waals surface area contributed by atoms with Crippen LogP contribution >= 0.6 is 8.35 Å². The number of benzene rings is 1. The lowest BCUT2D eigenvalue weighted by molar-refractivity contribution is 0.475. The first-order chi connectivity index (χ1) is 7.61. The van der Waals surface area contributed by atoms with E-state index in [9.17, 15) is 0 Å². The molecule has 4 heteroatoms. The van der Waals surface area contributed by atoms with Gasteiger partial charge in [0.05, 0.1) is 6.21 Å². The van der Waals surface area contributed by atoms with Crippen molar-refractivity contribution in [3.63, 3.8) is 0 Å². The molecule has 0 aliphatic carbocycles. The molecule has 0 fully saturated rings. The lowest BCUT2D eigenvalue weighted by Crippen LogP contribution is -1.98. The van der Waals surface area contributed by atoms with Gasteiger partial charge in [-0.3, -0.25) is 4.78 Å². The van der Waals surface area contributed by atoms with Crippen molar-refractivity contribution in [3.05, 3.63) is 29.8 Å². The molecule has 1 aromatic carbocycles. The lowest BCUT2D eigenvalue weighted by atomic mass is 10.2. The summed E-state index contributed by atoms with van der Waals surface area (Å²) in [6.45, 7) is 4.26. The first-order valence-corrected chi connectivity index (χ1v) is 6.07. The Morgan fingerprint density at radius 3 is 2.62 bits per heavy atom. The van der Waals surface area contributed by atoms with E-state index >= 15 is 0 Å². The fourth-order valence-electron chi connectivity index (χ4n) is 1.05. The molecule has 0 bridgehead atoms. The number of phenolic OH excluding ortho intramolecular Hbond substituents is 1. The fourth-order valence-corrected chi connectivity index (χ4v) is 1.79. The Morgan fingerprint density at radius 2 is 2.06 bits per heavy atom. The van der Waals surface area contributed by atoms with Crippen LogP contribution < -0.4 is 0 Å². The Morgan fingerprint density at radius 1 is 1.44 bits per heavy atom. The van der Waals surface area contributed by atoms with Crippen molar-refractivity contribution in [3.8, 4) is 5.75 Å². The summed E-state index contributed by atoms with van der Waals surface area (Å²) < 4.78 is 1.88. The Kier molecular flexibility index (Phi) is 5.00. The summed E-state index contributed by atoms with van der Waals surface area (Å²) in [5.41, 5.74) is 0.981.